The van der Waals surface area contributed by atoms with Gasteiger partial charge in [-0.3, -0.25) is 0 Å². The summed E-state index contributed by atoms with van der Waals surface area (Å²) in [6.07, 6.45) is -2.74. The fourth-order valence-electron chi connectivity index (χ4n) is 3.76. The van der Waals surface area contributed by atoms with E-state index in [9.17, 15) is 13.2 Å². The van der Waals surface area contributed by atoms with Crippen LogP contribution in [-0.4, -0.2) is 27.0 Å². The third-order valence-electron chi connectivity index (χ3n) is 5.49. The van der Waals surface area contributed by atoms with Gasteiger partial charge in [-0.25, -0.2) is 15.0 Å². The first-order chi connectivity index (χ1) is 16.2. The molecule has 6 nitrogen and oxygen atoms in total. The molecule has 2 aromatic heterocycles. The van der Waals surface area contributed by atoms with Gasteiger partial charge in [0.1, 0.15) is 0 Å². The quantitative estimate of drug-likeness (QED) is 0.258. The number of alkyl halides is 3. The maximum atomic E-state index is 13.1. The van der Waals surface area contributed by atoms with Crippen molar-refractivity contribution in [2.24, 2.45) is 0 Å². The van der Waals surface area contributed by atoms with Gasteiger partial charge in [0.2, 0.25) is 11.9 Å². The minimum atomic E-state index is -4.50. The first kappa shape index (κ1) is 22.0. The van der Waals surface area contributed by atoms with E-state index in [1.54, 1.807) is 13.2 Å². The van der Waals surface area contributed by atoms with Crippen molar-refractivity contribution >= 4 is 51.1 Å². The molecule has 0 atom stereocenters. The fourth-order valence-corrected chi connectivity index (χ4v) is 4.02. The molecule has 0 unspecified atom stereocenters. The average molecular weight is 483 g/mol. The van der Waals surface area contributed by atoms with Gasteiger partial charge < -0.3 is 15.6 Å². The molecule has 3 N–H and O–H groups in total. The Hall–Kier alpha value is -3.85. The second-order valence-corrected chi connectivity index (χ2v) is 8.21. The molecule has 0 saturated heterocycles. The number of aromatic amines is 1. The van der Waals surface area contributed by atoms with Crippen LogP contribution in [0.5, 0.6) is 0 Å². The molecule has 0 amide bonds. The van der Waals surface area contributed by atoms with E-state index in [0.717, 1.165) is 39.7 Å². The molecule has 0 fully saturated rings. The monoisotopic (exact) mass is 482 g/mol. The van der Waals surface area contributed by atoms with Crippen molar-refractivity contribution in [3.63, 3.8) is 0 Å². The molecule has 34 heavy (non-hydrogen) atoms. The number of anilines is 3. The van der Waals surface area contributed by atoms with Crippen LogP contribution in [0.3, 0.4) is 0 Å². The molecule has 0 saturated carbocycles. The molecule has 0 bridgehead atoms. The average Bonchev–Trinajstić information content (AvgIpc) is 3.22. The molecule has 0 aliphatic carbocycles. The number of rotatable bonds is 4. The van der Waals surface area contributed by atoms with Crippen molar-refractivity contribution in [2.75, 3.05) is 17.7 Å². The Labute approximate surface area is 197 Å². The zero-order valence-corrected chi connectivity index (χ0v) is 18.8. The predicted molar refractivity (Wildman–Crippen MR) is 129 cm³/mol. The molecule has 2 heterocycles. The third-order valence-corrected chi connectivity index (χ3v) is 5.79. The minimum Gasteiger partial charge on any atom is -0.357 e. The summed E-state index contributed by atoms with van der Waals surface area (Å²) in [6.45, 7) is 2.00. The summed E-state index contributed by atoms with van der Waals surface area (Å²) in [5.41, 5.74) is 4.18. The number of aryl methyl sites for hydroxylation is 1. The summed E-state index contributed by atoms with van der Waals surface area (Å²) in [5.74, 6) is 0.841. The smallest absolute Gasteiger partial charge is 0.357 e. The van der Waals surface area contributed by atoms with Gasteiger partial charge in [-0.15, -0.1) is 0 Å². The number of hydrogen-bond acceptors (Lipinski definition) is 5. The summed E-state index contributed by atoms with van der Waals surface area (Å²) in [4.78, 5) is 15.9. The van der Waals surface area contributed by atoms with E-state index in [4.69, 9.17) is 11.6 Å². The Morgan fingerprint density at radius 1 is 0.971 bits per heavy atom. The molecular weight excluding hydrogens is 465 g/mol. The summed E-state index contributed by atoms with van der Waals surface area (Å²) >= 11 is 6.06. The Balaban J connectivity index is 1.49. The Bertz CT molecular complexity index is 1540. The number of halogens is 4. The zero-order chi connectivity index (χ0) is 24.0. The van der Waals surface area contributed by atoms with Crippen LogP contribution in [0.2, 0.25) is 5.02 Å². The SMILES string of the molecule is CNc1ncc2cc(-c3cc(Nc4nc5cc(C(F)(F)F)cc(Cl)c5[nH]4)ccc3C)ccc2n1. The number of nitrogens with one attached hydrogen (secondary N) is 3. The Morgan fingerprint density at radius 3 is 2.56 bits per heavy atom. The third kappa shape index (κ3) is 4.10. The van der Waals surface area contributed by atoms with Gasteiger partial charge in [0.05, 0.1) is 27.1 Å². The predicted octanol–water partition coefficient (Wildman–Crippen LogP) is 6.94. The van der Waals surface area contributed by atoms with Crippen LogP contribution in [0.15, 0.2) is 54.7 Å². The molecule has 0 aliphatic rings. The van der Waals surface area contributed by atoms with E-state index in [1.165, 1.54) is 0 Å². The van der Waals surface area contributed by atoms with Gasteiger partial charge >= 0.3 is 6.18 Å². The van der Waals surface area contributed by atoms with E-state index >= 15 is 0 Å². The molecule has 5 rings (SSSR count). The second-order valence-electron chi connectivity index (χ2n) is 7.81. The van der Waals surface area contributed by atoms with Crippen molar-refractivity contribution < 1.29 is 13.2 Å². The van der Waals surface area contributed by atoms with Crippen molar-refractivity contribution in [3.05, 3.63) is 70.9 Å². The summed E-state index contributed by atoms with van der Waals surface area (Å²) in [5, 5.41) is 6.91. The standard InChI is InChI=1S/C24H18ClF3N6/c1-12-3-5-16(10-17(12)13-4-6-19-14(7-13)11-30-22(29-2)32-19)31-23-33-20-9-15(24(26,27)28)8-18(25)21(20)34-23/h3-11H,1-2H3,(H,29,30,32)(H2,31,33,34). The number of fused-ring (bicyclic) bond motifs is 2. The minimum absolute atomic E-state index is 0.0465. The molecule has 3 aromatic carbocycles. The lowest BCUT2D eigenvalue weighted by atomic mass is 9.98. The van der Waals surface area contributed by atoms with Gasteiger partial charge in [0.15, 0.2) is 0 Å². The van der Waals surface area contributed by atoms with Gasteiger partial charge in [-0.05, 0) is 60.0 Å². The van der Waals surface area contributed by atoms with Crippen molar-refractivity contribution in [1.29, 1.82) is 0 Å². The summed E-state index contributed by atoms with van der Waals surface area (Å²) < 4.78 is 39.3. The van der Waals surface area contributed by atoms with E-state index in [0.29, 0.717) is 17.2 Å². The molecule has 0 aliphatic heterocycles. The van der Waals surface area contributed by atoms with E-state index in [-0.39, 0.29) is 16.5 Å². The highest BCUT2D eigenvalue weighted by Gasteiger charge is 2.31. The molecule has 172 valence electrons. The lowest BCUT2D eigenvalue weighted by Gasteiger charge is -2.11. The maximum Gasteiger partial charge on any atom is 0.416 e. The first-order valence-electron chi connectivity index (χ1n) is 10.3. The second kappa shape index (κ2) is 8.18. The van der Waals surface area contributed by atoms with E-state index < -0.39 is 11.7 Å². The lowest BCUT2D eigenvalue weighted by molar-refractivity contribution is -0.137. The molecule has 0 spiro atoms. The number of hydrogen-bond donors (Lipinski definition) is 3. The molecule has 10 heteroatoms. The van der Waals surface area contributed by atoms with Crippen LogP contribution in [0, 0.1) is 6.92 Å². The Kier molecular flexibility index (Phi) is 5.28. The van der Waals surface area contributed by atoms with E-state index in [1.807, 2.05) is 43.3 Å². The maximum absolute atomic E-state index is 13.1. The highest BCUT2D eigenvalue weighted by Crippen LogP contribution is 2.35. The largest absolute Gasteiger partial charge is 0.416 e. The highest BCUT2D eigenvalue weighted by molar-refractivity contribution is 6.35. The molecule has 0 radical (unpaired) electrons. The van der Waals surface area contributed by atoms with Gasteiger partial charge in [0.25, 0.3) is 0 Å². The van der Waals surface area contributed by atoms with Gasteiger partial charge in [-0.2, -0.15) is 13.2 Å². The summed E-state index contributed by atoms with van der Waals surface area (Å²) in [6, 6.07) is 13.6. The molecular formula is C24H18ClF3N6. The normalized spacial score (nSPS) is 11.8. The van der Waals surface area contributed by atoms with Crippen LogP contribution in [0.1, 0.15) is 11.1 Å². The highest BCUT2D eigenvalue weighted by atomic mass is 35.5. The summed E-state index contributed by atoms with van der Waals surface area (Å²) in [7, 11) is 1.77. The van der Waals surface area contributed by atoms with E-state index in [2.05, 4.69) is 30.6 Å². The zero-order valence-electron chi connectivity index (χ0n) is 18.0. The number of benzene rings is 3. The Morgan fingerprint density at radius 2 is 1.79 bits per heavy atom. The lowest BCUT2D eigenvalue weighted by Crippen LogP contribution is -2.04. The topological polar surface area (TPSA) is 78.5 Å². The van der Waals surface area contributed by atoms with Gasteiger partial charge in [-0.1, -0.05) is 23.7 Å². The van der Waals surface area contributed by atoms with Crippen LogP contribution in [-0.2, 0) is 6.18 Å². The molecule has 5 aromatic rings. The van der Waals surface area contributed by atoms with Crippen LogP contribution >= 0.6 is 11.6 Å². The van der Waals surface area contributed by atoms with Gasteiger partial charge in [0, 0.05) is 24.3 Å². The van der Waals surface area contributed by atoms with Crippen molar-refractivity contribution in [1.82, 2.24) is 19.9 Å². The number of H-pyrrole nitrogens is 1. The van der Waals surface area contributed by atoms with Crippen LogP contribution in [0.4, 0.5) is 30.8 Å². The fraction of sp³-hybridized carbons (Fsp3) is 0.125. The van der Waals surface area contributed by atoms with Crippen molar-refractivity contribution in [2.45, 2.75) is 13.1 Å². The van der Waals surface area contributed by atoms with Crippen molar-refractivity contribution in [3.8, 4) is 11.1 Å². The number of aromatic nitrogens is 4. The number of imidazole rings is 1. The van der Waals surface area contributed by atoms with Crippen LogP contribution in [0.25, 0.3) is 33.1 Å². The van der Waals surface area contributed by atoms with Crippen LogP contribution < -0.4 is 10.6 Å². The first-order valence-corrected chi connectivity index (χ1v) is 10.7. The number of nitrogens with zero attached hydrogens (tertiary/aromatic N) is 3.